The molecule has 0 aromatic heterocycles. The Bertz CT molecular complexity index is 926. The van der Waals surface area contributed by atoms with Crippen LogP contribution in [0.25, 0.3) is 0 Å². The topological polar surface area (TPSA) is 58.2 Å². The van der Waals surface area contributed by atoms with E-state index in [2.05, 4.69) is 16.7 Å². The minimum atomic E-state index is -0.323. The second kappa shape index (κ2) is 6.52. The summed E-state index contributed by atoms with van der Waals surface area (Å²) in [5, 5.41) is 6.44. The van der Waals surface area contributed by atoms with E-state index in [4.69, 9.17) is 0 Å². The van der Waals surface area contributed by atoms with E-state index in [1.165, 1.54) is 12.8 Å². The molecule has 1 saturated carbocycles. The first-order chi connectivity index (χ1) is 12.8. The van der Waals surface area contributed by atoms with Crippen molar-refractivity contribution in [1.29, 1.82) is 0 Å². The fraction of sp³-hybridized carbons (Fsp3) is 0.391. The third-order valence-corrected chi connectivity index (χ3v) is 5.62. The van der Waals surface area contributed by atoms with Crippen LogP contribution in [-0.2, 0) is 6.42 Å². The molecule has 4 rings (SSSR count). The van der Waals surface area contributed by atoms with Gasteiger partial charge < -0.3 is 10.6 Å². The number of ketones is 1. The largest absolute Gasteiger partial charge is 0.355 e. The Kier molecular flexibility index (Phi) is 4.29. The molecule has 1 amide bonds. The first-order valence-corrected chi connectivity index (χ1v) is 9.67. The van der Waals surface area contributed by atoms with Crippen molar-refractivity contribution in [1.82, 2.24) is 5.32 Å². The van der Waals surface area contributed by atoms with E-state index in [1.807, 2.05) is 51.1 Å². The Morgan fingerprint density at radius 3 is 2.67 bits per heavy atom. The first-order valence-electron chi connectivity index (χ1n) is 9.67. The summed E-state index contributed by atoms with van der Waals surface area (Å²) in [6.45, 7) is 6.78. The third kappa shape index (κ3) is 3.61. The predicted molar refractivity (Wildman–Crippen MR) is 108 cm³/mol. The fourth-order valence-corrected chi connectivity index (χ4v) is 3.67. The van der Waals surface area contributed by atoms with Crippen LogP contribution in [0.5, 0.6) is 0 Å². The molecule has 0 heterocycles. The van der Waals surface area contributed by atoms with Gasteiger partial charge in [0.05, 0.1) is 0 Å². The second-order valence-electron chi connectivity index (χ2n) is 8.57. The molecular weight excluding hydrogens is 336 g/mol. The quantitative estimate of drug-likeness (QED) is 0.814. The summed E-state index contributed by atoms with van der Waals surface area (Å²) in [7, 11) is 0. The monoisotopic (exact) mass is 362 g/mol. The molecule has 2 aliphatic carbocycles. The van der Waals surface area contributed by atoms with Crippen molar-refractivity contribution in [3.05, 3.63) is 58.7 Å². The molecule has 0 atom stereocenters. The number of carbonyl (C=O) groups is 2. The summed E-state index contributed by atoms with van der Waals surface area (Å²) in [6, 6.07) is 11.6. The van der Waals surface area contributed by atoms with Crippen molar-refractivity contribution in [2.24, 2.45) is 11.3 Å². The molecular formula is C23H26N2O2. The Hall–Kier alpha value is -2.62. The Labute approximate surface area is 160 Å². The van der Waals surface area contributed by atoms with Crippen molar-refractivity contribution in [2.45, 2.75) is 40.0 Å². The fourth-order valence-electron chi connectivity index (χ4n) is 3.67. The van der Waals surface area contributed by atoms with Crippen LogP contribution in [-0.4, -0.2) is 18.2 Å². The molecule has 0 spiro atoms. The third-order valence-electron chi connectivity index (χ3n) is 5.62. The van der Waals surface area contributed by atoms with E-state index in [0.717, 1.165) is 41.0 Å². The Morgan fingerprint density at radius 1 is 1.15 bits per heavy atom. The minimum absolute atomic E-state index is 0.0220. The number of carbonyl (C=O) groups excluding carboxylic acids is 2. The normalized spacial score (nSPS) is 17.5. The maximum atomic E-state index is 12.4. The molecule has 0 saturated heterocycles. The maximum absolute atomic E-state index is 12.4. The summed E-state index contributed by atoms with van der Waals surface area (Å²) in [5.74, 6) is 0.858. The van der Waals surface area contributed by atoms with Gasteiger partial charge in [-0.15, -0.1) is 0 Å². The molecule has 4 nitrogen and oxygen atoms in total. The van der Waals surface area contributed by atoms with Crippen LogP contribution in [0, 0.1) is 18.3 Å². The van der Waals surface area contributed by atoms with E-state index in [9.17, 15) is 9.59 Å². The number of benzene rings is 2. The van der Waals surface area contributed by atoms with E-state index in [-0.39, 0.29) is 17.1 Å². The van der Waals surface area contributed by atoms with Gasteiger partial charge in [0.15, 0.2) is 5.78 Å². The molecule has 0 unspecified atom stereocenters. The number of anilines is 2. The molecule has 0 aliphatic heterocycles. The van der Waals surface area contributed by atoms with Gasteiger partial charge in [0, 0.05) is 34.5 Å². The van der Waals surface area contributed by atoms with E-state index >= 15 is 0 Å². The molecule has 0 radical (unpaired) electrons. The predicted octanol–water partition coefficient (Wildman–Crippen LogP) is 4.64. The van der Waals surface area contributed by atoms with Gasteiger partial charge >= 0.3 is 0 Å². The van der Waals surface area contributed by atoms with Crippen LogP contribution in [0.15, 0.2) is 36.4 Å². The van der Waals surface area contributed by atoms with Crippen LogP contribution in [0.3, 0.4) is 0 Å². The lowest BCUT2D eigenvalue weighted by Crippen LogP contribution is -2.25. The second-order valence-corrected chi connectivity index (χ2v) is 8.57. The van der Waals surface area contributed by atoms with Gasteiger partial charge in [-0.2, -0.15) is 0 Å². The van der Waals surface area contributed by atoms with E-state index < -0.39 is 0 Å². The highest BCUT2D eigenvalue weighted by Crippen LogP contribution is 2.37. The van der Waals surface area contributed by atoms with Gasteiger partial charge in [-0.1, -0.05) is 19.9 Å². The number of hydrogen-bond donors (Lipinski definition) is 2. The highest BCUT2D eigenvalue weighted by Gasteiger charge is 2.37. The molecule has 27 heavy (non-hydrogen) atoms. The molecule has 140 valence electrons. The molecule has 2 N–H and O–H groups in total. The average molecular weight is 362 g/mol. The number of nitrogens with one attached hydrogen (secondary N) is 2. The number of rotatable bonds is 5. The number of Topliss-reactive ketones (excluding diaryl/α,β-unsaturated/α-hetero) is 1. The number of hydrogen-bond acceptors (Lipinski definition) is 3. The van der Waals surface area contributed by atoms with E-state index in [1.54, 1.807) is 0 Å². The van der Waals surface area contributed by atoms with Crippen molar-refractivity contribution in [2.75, 3.05) is 11.9 Å². The highest BCUT2D eigenvalue weighted by atomic mass is 16.1. The molecule has 2 aromatic carbocycles. The van der Waals surface area contributed by atoms with Crippen molar-refractivity contribution in [3.63, 3.8) is 0 Å². The lowest BCUT2D eigenvalue weighted by molar-refractivity contribution is 0.0863. The Morgan fingerprint density at radius 2 is 1.93 bits per heavy atom. The zero-order valence-corrected chi connectivity index (χ0v) is 16.2. The standard InChI is InChI=1S/C23H26N2O2/c1-14-4-7-16(22(27)24-13-15-5-6-15)11-20(14)25-18-8-9-19-17(10-18)12-23(2,3)21(19)26/h4,7-11,15,25H,5-6,12-13H2,1-3H3,(H,24,27). The molecule has 4 heteroatoms. The average Bonchev–Trinajstić information content (AvgIpc) is 3.42. The van der Waals surface area contributed by atoms with Gasteiger partial charge in [0.1, 0.15) is 0 Å². The lowest BCUT2D eigenvalue weighted by Gasteiger charge is -2.13. The van der Waals surface area contributed by atoms with Gasteiger partial charge in [0.25, 0.3) is 5.91 Å². The first kappa shape index (κ1) is 17.8. The van der Waals surface area contributed by atoms with Crippen molar-refractivity contribution >= 4 is 23.1 Å². The number of amides is 1. The molecule has 2 aromatic rings. The number of fused-ring (bicyclic) bond motifs is 1. The van der Waals surface area contributed by atoms with E-state index in [0.29, 0.717) is 11.5 Å². The molecule has 0 bridgehead atoms. The SMILES string of the molecule is Cc1ccc(C(=O)NCC2CC2)cc1Nc1ccc2c(c1)CC(C)(C)C2=O. The zero-order chi connectivity index (χ0) is 19.2. The van der Waals surface area contributed by atoms with Crippen molar-refractivity contribution < 1.29 is 9.59 Å². The van der Waals surface area contributed by atoms with Gasteiger partial charge in [0.2, 0.25) is 0 Å². The van der Waals surface area contributed by atoms with Crippen LogP contribution in [0.4, 0.5) is 11.4 Å². The molecule has 2 aliphatic rings. The van der Waals surface area contributed by atoms with Crippen LogP contribution < -0.4 is 10.6 Å². The summed E-state index contributed by atoms with van der Waals surface area (Å²) < 4.78 is 0. The van der Waals surface area contributed by atoms with Gasteiger partial charge in [-0.3, -0.25) is 9.59 Å². The van der Waals surface area contributed by atoms with Crippen LogP contribution in [0.2, 0.25) is 0 Å². The summed E-state index contributed by atoms with van der Waals surface area (Å²) in [4.78, 5) is 24.8. The maximum Gasteiger partial charge on any atom is 0.251 e. The zero-order valence-electron chi connectivity index (χ0n) is 16.2. The van der Waals surface area contributed by atoms with Crippen molar-refractivity contribution in [3.8, 4) is 0 Å². The lowest BCUT2D eigenvalue weighted by atomic mass is 9.89. The molecule has 1 fully saturated rings. The number of aryl methyl sites for hydroxylation is 1. The van der Waals surface area contributed by atoms with Gasteiger partial charge in [-0.05, 0) is 73.6 Å². The Balaban J connectivity index is 1.53. The summed E-state index contributed by atoms with van der Waals surface area (Å²) in [5.41, 5.74) is 5.19. The summed E-state index contributed by atoms with van der Waals surface area (Å²) >= 11 is 0. The minimum Gasteiger partial charge on any atom is -0.355 e. The van der Waals surface area contributed by atoms with Gasteiger partial charge in [-0.25, -0.2) is 0 Å². The summed E-state index contributed by atoms with van der Waals surface area (Å²) in [6.07, 6.45) is 3.20. The highest BCUT2D eigenvalue weighted by molar-refractivity contribution is 6.04. The van der Waals surface area contributed by atoms with Crippen LogP contribution in [0.1, 0.15) is 58.5 Å². The van der Waals surface area contributed by atoms with Crippen LogP contribution >= 0.6 is 0 Å². The smallest absolute Gasteiger partial charge is 0.251 e.